The molecule has 0 bridgehead atoms. The molecule has 0 aliphatic heterocycles. The molecule has 2 rings (SSSR count). The lowest BCUT2D eigenvalue weighted by atomic mass is 10.2. The van der Waals surface area contributed by atoms with Crippen LogP contribution in [-0.2, 0) is 11.3 Å². The fraction of sp³-hybridized carbons (Fsp3) is 0.100. The van der Waals surface area contributed by atoms with Crippen LogP contribution in [0, 0.1) is 0 Å². The number of aromatic amines is 1. The monoisotopic (exact) mass is 234 g/mol. The molecule has 0 radical (unpaired) electrons. The lowest BCUT2D eigenvalue weighted by Crippen LogP contribution is -2.13. The van der Waals surface area contributed by atoms with Crippen LogP contribution in [-0.4, -0.2) is 22.0 Å². The van der Waals surface area contributed by atoms with E-state index >= 15 is 0 Å². The summed E-state index contributed by atoms with van der Waals surface area (Å²) in [6, 6.07) is 4.99. The maximum absolute atomic E-state index is 11.2. The number of nitrogens with one attached hydrogen (secondary N) is 1. The van der Waals surface area contributed by atoms with E-state index in [2.05, 4.69) is 14.7 Å². The topological polar surface area (TPSA) is 124 Å². The number of para-hydroxylation sites is 1. The number of benzene rings is 1. The molecule has 0 saturated heterocycles. The van der Waals surface area contributed by atoms with Crippen molar-refractivity contribution >= 4 is 23.0 Å². The zero-order chi connectivity index (χ0) is 12.4. The molecule has 17 heavy (non-hydrogen) atoms. The average Bonchev–Trinajstić information content (AvgIpc) is 2.68. The molecule has 0 unspecified atom stereocenters. The number of ether oxygens (including phenoxy) is 1. The molecule has 1 aromatic carbocycles. The second-order valence-electron chi connectivity index (χ2n) is 3.36. The molecule has 0 spiro atoms. The van der Waals surface area contributed by atoms with Crippen LogP contribution < -0.4 is 11.5 Å². The average molecular weight is 234 g/mol. The van der Waals surface area contributed by atoms with Crippen LogP contribution in [0.4, 0.5) is 4.79 Å². The first-order valence-corrected chi connectivity index (χ1v) is 4.77. The predicted octanol–water partition coefficient (Wildman–Crippen LogP) is 0.257. The molecular weight excluding hydrogens is 224 g/mol. The number of primary amides is 2. The van der Waals surface area contributed by atoms with E-state index < -0.39 is 12.0 Å². The minimum atomic E-state index is -0.888. The van der Waals surface area contributed by atoms with Gasteiger partial charge in [-0.05, 0) is 12.1 Å². The summed E-state index contributed by atoms with van der Waals surface area (Å²) in [4.78, 5) is 28.6. The number of nitrogens with two attached hydrogens (primary N) is 2. The van der Waals surface area contributed by atoms with Gasteiger partial charge in [-0.25, -0.2) is 9.78 Å². The number of hydrogen-bond acceptors (Lipinski definition) is 4. The number of hydrogen-bond donors (Lipinski definition) is 3. The second-order valence-corrected chi connectivity index (χ2v) is 3.36. The first-order chi connectivity index (χ1) is 8.08. The molecule has 7 heteroatoms. The van der Waals surface area contributed by atoms with Gasteiger partial charge in [0.05, 0.1) is 11.1 Å². The van der Waals surface area contributed by atoms with Gasteiger partial charge in [-0.15, -0.1) is 0 Å². The summed E-state index contributed by atoms with van der Waals surface area (Å²) in [6.07, 6.45) is -0.888. The number of imidazole rings is 1. The van der Waals surface area contributed by atoms with Gasteiger partial charge in [-0.1, -0.05) is 6.07 Å². The molecule has 0 aliphatic carbocycles. The van der Waals surface area contributed by atoms with Gasteiger partial charge in [-0.2, -0.15) is 0 Å². The molecule has 1 heterocycles. The molecule has 0 saturated carbocycles. The largest absolute Gasteiger partial charge is 0.442 e. The molecule has 2 aromatic rings. The highest BCUT2D eigenvalue weighted by Gasteiger charge is 2.11. The van der Waals surface area contributed by atoms with Gasteiger partial charge in [0.15, 0.2) is 6.61 Å². The van der Waals surface area contributed by atoms with E-state index in [-0.39, 0.29) is 6.61 Å². The van der Waals surface area contributed by atoms with Crippen LogP contribution >= 0.6 is 0 Å². The smallest absolute Gasteiger partial charge is 0.404 e. The van der Waals surface area contributed by atoms with Crippen molar-refractivity contribution in [2.45, 2.75) is 6.61 Å². The minimum absolute atomic E-state index is 0.0811. The number of fused-ring (bicyclic) bond motifs is 1. The van der Waals surface area contributed by atoms with Gasteiger partial charge in [-0.3, -0.25) is 4.79 Å². The Morgan fingerprint density at radius 3 is 2.76 bits per heavy atom. The van der Waals surface area contributed by atoms with Crippen LogP contribution in [0.5, 0.6) is 0 Å². The summed E-state index contributed by atoms with van der Waals surface area (Å²) in [7, 11) is 0. The highest BCUT2D eigenvalue weighted by Crippen LogP contribution is 2.16. The standard InChI is InChI=1S/C10H10N4O3/c11-9(15)5-2-1-3-6-8(5)14-7(13-6)4-17-10(12)16/h1-3H,4H2,(H2,11,15)(H2,12,16)(H,13,14). The van der Waals surface area contributed by atoms with Gasteiger partial charge < -0.3 is 21.2 Å². The number of amides is 2. The number of carbonyl (C=O) groups is 2. The van der Waals surface area contributed by atoms with E-state index in [1.807, 2.05) is 0 Å². The van der Waals surface area contributed by atoms with E-state index in [1.165, 1.54) is 0 Å². The van der Waals surface area contributed by atoms with Crippen LogP contribution in [0.1, 0.15) is 16.2 Å². The van der Waals surface area contributed by atoms with Crippen molar-refractivity contribution in [2.24, 2.45) is 11.5 Å². The van der Waals surface area contributed by atoms with Crippen LogP contribution in [0.2, 0.25) is 0 Å². The number of carbonyl (C=O) groups excluding carboxylic acids is 2. The summed E-state index contributed by atoms with van der Waals surface area (Å²) in [5.41, 5.74) is 11.4. The van der Waals surface area contributed by atoms with Gasteiger partial charge in [0.2, 0.25) is 0 Å². The van der Waals surface area contributed by atoms with Crippen molar-refractivity contribution < 1.29 is 14.3 Å². The SMILES string of the molecule is NC(=O)OCc1nc2c(C(N)=O)cccc2[nH]1. The molecule has 0 aliphatic rings. The predicted molar refractivity (Wildman–Crippen MR) is 59.0 cm³/mol. The van der Waals surface area contributed by atoms with Crippen LogP contribution in [0.25, 0.3) is 11.0 Å². The third-order valence-corrected chi connectivity index (χ3v) is 2.18. The third kappa shape index (κ3) is 2.17. The van der Waals surface area contributed by atoms with Gasteiger partial charge in [0.25, 0.3) is 5.91 Å². The summed E-state index contributed by atoms with van der Waals surface area (Å²) in [6.45, 7) is -0.0811. The molecule has 0 atom stereocenters. The molecule has 2 amide bonds. The van der Waals surface area contributed by atoms with Gasteiger partial charge in [0, 0.05) is 0 Å². The van der Waals surface area contributed by atoms with Gasteiger partial charge >= 0.3 is 6.09 Å². The number of aromatic nitrogens is 2. The normalized spacial score (nSPS) is 10.4. The first-order valence-electron chi connectivity index (χ1n) is 4.77. The third-order valence-electron chi connectivity index (χ3n) is 2.18. The quantitative estimate of drug-likeness (QED) is 0.704. The van der Waals surface area contributed by atoms with E-state index in [9.17, 15) is 9.59 Å². The lowest BCUT2D eigenvalue weighted by Gasteiger charge is -1.95. The Morgan fingerprint density at radius 1 is 1.35 bits per heavy atom. The Balaban J connectivity index is 2.39. The minimum Gasteiger partial charge on any atom is -0.442 e. The van der Waals surface area contributed by atoms with Crippen molar-refractivity contribution in [3.05, 3.63) is 29.6 Å². The lowest BCUT2D eigenvalue weighted by molar-refractivity contribution is 0.100. The molecular formula is C10H10N4O3. The van der Waals surface area contributed by atoms with E-state index in [0.29, 0.717) is 22.4 Å². The zero-order valence-electron chi connectivity index (χ0n) is 8.77. The second kappa shape index (κ2) is 4.12. The number of nitrogens with zero attached hydrogens (tertiary/aromatic N) is 1. The molecule has 1 aromatic heterocycles. The highest BCUT2D eigenvalue weighted by molar-refractivity contribution is 6.03. The summed E-state index contributed by atoms with van der Waals surface area (Å²) < 4.78 is 4.59. The van der Waals surface area contributed by atoms with E-state index in [1.54, 1.807) is 18.2 Å². The molecule has 5 N–H and O–H groups in total. The van der Waals surface area contributed by atoms with Crippen molar-refractivity contribution in [3.63, 3.8) is 0 Å². The Hall–Kier alpha value is -2.57. The Labute approximate surface area is 95.8 Å². The van der Waals surface area contributed by atoms with Crippen LogP contribution in [0.15, 0.2) is 18.2 Å². The van der Waals surface area contributed by atoms with Crippen molar-refractivity contribution in [1.82, 2.24) is 9.97 Å². The highest BCUT2D eigenvalue weighted by atomic mass is 16.5. The molecule has 7 nitrogen and oxygen atoms in total. The maximum Gasteiger partial charge on any atom is 0.404 e. The van der Waals surface area contributed by atoms with Crippen molar-refractivity contribution in [1.29, 1.82) is 0 Å². The first kappa shape index (κ1) is 10.9. The number of rotatable bonds is 3. The van der Waals surface area contributed by atoms with E-state index in [0.717, 1.165) is 0 Å². The van der Waals surface area contributed by atoms with Crippen molar-refractivity contribution in [3.8, 4) is 0 Å². The Kier molecular flexibility index (Phi) is 2.65. The summed E-state index contributed by atoms with van der Waals surface area (Å²) in [5.74, 6) is -0.169. The Morgan fingerprint density at radius 2 is 2.12 bits per heavy atom. The van der Waals surface area contributed by atoms with E-state index in [4.69, 9.17) is 11.5 Å². The fourth-order valence-corrected chi connectivity index (χ4v) is 1.49. The van der Waals surface area contributed by atoms with Crippen LogP contribution in [0.3, 0.4) is 0 Å². The van der Waals surface area contributed by atoms with Gasteiger partial charge in [0.1, 0.15) is 11.3 Å². The fourth-order valence-electron chi connectivity index (χ4n) is 1.49. The summed E-state index contributed by atoms with van der Waals surface area (Å²) >= 11 is 0. The summed E-state index contributed by atoms with van der Waals surface area (Å²) in [5, 5.41) is 0. The van der Waals surface area contributed by atoms with Crippen molar-refractivity contribution in [2.75, 3.05) is 0 Å². The zero-order valence-corrected chi connectivity index (χ0v) is 8.77. The maximum atomic E-state index is 11.2. The number of H-pyrrole nitrogens is 1. The molecule has 0 fully saturated rings. The Bertz CT molecular complexity index is 590. The molecule has 88 valence electrons.